The number of ether oxygens (including phenoxy) is 2. The summed E-state index contributed by atoms with van der Waals surface area (Å²) in [6.45, 7) is 4.70. The van der Waals surface area contributed by atoms with Crippen LogP contribution in [0.25, 0.3) is 0 Å². The Morgan fingerprint density at radius 3 is 2.86 bits per heavy atom. The second kappa shape index (κ2) is 7.78. The van der Waals surface area contributed by atoms with Crippen molar-refractivity contribution >= 4 is 0 Å². The fourth-order valence-electron chi connectivity index (χ4n) is 2.47. The third-order valence-electron chi connectivity index (χ3n) is 4.11. The quantitative estimate of drug-likeness (QED) is 0.694. The van der Waals surface area contributed by atoms with E-state index in [1.54, 1.807) is 7.11 Å². The molecule has 0 bridgehead atoms. The van der Waals surface area contributed by atoms with E-state index in [2.05, 4.69) is 5.32 Å². The summed E-state index contributed by atoms with van der Waals surface area (Å²) in [5.74, 6) is 0.813. The number of aliphatic hydroxyl groups excluding tert-OH is 1. The molecule has 0 amide bonds. The number of aliphatic hydroxyl groups is 1. The van der Waals surface area contributed by atoms with Crippen LogP contribution >= 0.6 is 0 Å². The molecule has 4 nitrogen and oxygen atoms in total. The maximum Gasteiger partial charge on any atom is 0.119 e. The molecule has 0 aromatic heterocycles. The van der Waals surface area contributed by atoms with Crippen LogP contribution < -0.4 is 10.1 Å². The van der Waals surface area contributed by atoms with Crippen LogP contribution in [0.2, 0.25) is 0 Å². The molecule has 0 saturated heterocycles. The number of nitrogens with one attached hydrogen (secondary N) is 1. The molecule has 118 valence electrons. The molecule has 0 spiro atoms. The van der Waals surface area contributed by atoms with Crippen LogP contribution in [-0.2, 0) is 4.74 Å². The molecular weight excluding hydrogens is 266 g/mol. The molecule has 1 aliphatic carbocycles. The lowest BCUT2D eigenvalue weighted by molar-refractivity contribution is 0.104. The van der Waals surface area contributed by atoms with Gasteiger partial charge >= 0.3 is 0 Å². The highest BCUT2D eigenvalue weighted by Crippen LogP contribution is 2.48. The molecule has 1 aliphatic rings. The molecule has 0 heterocycles. The summed E-state index contributed by atoms with van der Waals surface area (Å²) in [7, 11) is 1.75. The monoisotopic (exact) mass is 293 g/mol. The first-order chi connectivity index (χ1) is 10.1. The zero-order valence-electron chi connectivity index (χ0n) is 13.1. The van der Waals surface area contributed by atoms with Gasteiger partial charge in [-0.2, -0.15) is 0 Å². The van der Waals surface area contributed by atoms with Gasteiger partial charge in [-0.1, -0.05) is 12.1 Å². The normalized spacial score (nSPS) is 17.5. The van der Waals surface area contributed by atoms with Crippen LogP contribution in [0.3, 0.4) is 0 Å². The van der Waals surface area contributed by atoms with Gasteiger partial charge in [0, 0.05) is 26.8 Å². The Morgan fingerprint density at radius 2 is 2.19 bits per heavy atom. The van der Waals surface area contributed by atoms with Crippen molar-refractivity contribution in [1.29, 1.82) is 0 Å². The van der Waals surface area contributed by atoms with Crippen molar-refractivity contribution in [3.8, 4) is 5.75 Å². The van der Waals surface area contributed by atoms with E-state index in [1.807, 2.05) is 31.2 Å². The highest BCUT2D eigenvalue weighted by molar-refractivity contribution is 5.27. The van der Waals surface area contributed by atoms with Crippen molar-refractivity contribution < 1.29 is 14.6 Å². The Bertz CT molecular complexity index is 432. The van der Waals surface area contributed by atoms with E-state index in [-0.39, 0.29) is 0 Å². The fourth-order valence-corrected chi connectivity index (χ4v) is 2.47. The zero-order valence-corrected chi connectivity index (χ0v) is 13.1. The van der Waals surface area contributed by atoms with Gasteiger partial charge in [0.1, 0.15) is 18.5 Å². The lowest BCUT2D eigenvalue weighted by atomic mass is 10.0. The highest BCUT2D eigenvalue weighted by atomic mass is 16.5. The predicted molar refractivity (Wildman–Crippen MR) is 83.7 cm³/mol. The van der Waals surface area contributed by atoms with E-state index in [0.717, 1.165) is 30.9 Å². The molecule has 0 aliphatic heterocycles. The van der Waals surface area contributed by atoms with Crippen LogP contribution in [0.5, 0.6) is 5.75 Å². The van der Waals surface area contributed by atoms with Gasteiger partial charge in [0.2, 0.25) is 0 Å². The molecule has 1 aromatic rings. The summed E-state index contributed by atoms with van der Waals surface area (Å²) in [4.78, 5) is 0. The first kappa shape index (κ1) is 16.3. The smallest absolute Gasteiger partial charge is 0.119 e. The van der Waals surface area contributed by atoms with E-state index in [4.69, 9.17) is 9.47 Å². The van der Waals surface area contributed by atoms with Gasteiger partial charge in [-0.25, -0.2) is 0 Å². The molecule has 1 atom stereocenters. The Hall–Kier alpha value is -1.10. The summed E-state index contributed by atoms with van der Waals surface area (Å²) in [6, 6.07) is 7.88. The molecule has 1 aromatic carbocycles. The largest absolute Gasteiger partial charge is 0.491 e. The van der Waals surface area contributed by atoms with Gasteiger partial charge in [-0.15, -0.1) is 0 Å². The van der Waals surface area contributed by atoms with Crippen LogP contribution in [0.4, 0.5) is 0 Å². The Labute approximate surface area is 127 Å². The van der Waals surface area contributed by atoms with E-state index >= 15 is 0 Å². The zero-order chi connectivity index (χ0) is 15.1. The maximum absolute atomic E-state index is 9.96. The molecular formula is C17H27NO3. The standard InChI is InChI=1S/C17H27NO3/c1-14-4-3-5-16(10-14)21-12-15(19)11-18-13-17(6-7-17)8-9-20-2/h3-5,10,15,18-19H,6-9,11-13H2,1-2H3. The number of hydrogen-bond acceptors (Lipinski definition) is 4. The van der Waals surface area contributed by atoms with Gasteiger partial charge in [0.25, 0.3) is 0 Å². The van der Waals surface area contributed by atoms with E-state index in [1.165, 1.54) is 12.8 Å². The SMILES string of the molecule is COCCC1(CNCC(O)COc2cccc(C)c2)CC1. The molecule has 2 N–H and O–H groups in total. The predicted octanol–water partition coefficient (Wildman–Crippen LogP) is 2.14. The summed E-state index contributed by atoms with van der Waals surface area (Å²) in [5.41, 5.74) is 1.57. The van der Waals surface area contributed by atoms with Crippen molar-refractivity contribution in [3.05, 3.63) is 29.8 Å². The fraction of sp³-hybridized carbons (Fsp3) is 0.647. The average molecular weight is 293 g/mol. The van der Waals surface area contributed by atoms with Crippen molar-refractivity contribution in [1.82, 2.24) is 5.32 Å². The topological polar surface area (TPSA) is 50.7 Å². The van der Waals surface area contributed by atoms with E-state index in [9.17, 15) is 5.11 Å². The first-order valence-electron chi connectivity index (χ1n) is 7.71. The minimum Gasteiger partial charge on any atom is -0.491 e. The molecule has 1 saturated carbocycles. The lowest BCUT2D eigenvalue weighted by Crippen LogP contribution is -2.35. The number of rotatable bonds is 10. The molecule has 4 heteroatoms. The van der Waals surface area contributed by atoms with Crippen molar-refractivity contribution in [2.24, 2.45) is 5.41 Å². The van der Waals surface area contributed by atoms with Crippen LogP contribution in [0, 0.1) is 12.3 Å². The third kappa shape index (κ3) is 5.65. The minimum absolute atomic E-state index is 0.321. The maximum atomic E-state index is 9.96. The minimum atomic E-state index is -0.483. The van der Waals surface area contributed by atoms with Crippen molar-refractivity contribution in [2.75, 3.05) is 33.4 Å². The molecule has 1 fully saturated rings. The summed E-state index contributed by atoms with van der Waals surface area (Å²) in [5, 5.41) is 13.3. The highest BCUT2D eigenvalue weighted by Gasteiger charge is 2.41. The third-order valence-corrected chi connectivity index (χ3v) is 4.11. The van der Waals surface area contributed by atoms with Crippen molar-refractivity contribution in [2.45, 2.75) is 32.3 Å². The first-order valence-corrected chi connectivity index (χ1v) is 7.71. The summed E-state index contributed by atoms with van der Waals surface area (Å²) < 4.78 is 10.7. The van der Waals surface area contributed by atoms with Gasteiger partial charge < -0.3 is 19.9 Å². The van der Waals surface area contributed by atoms with Crippen LogP contribution in [0.1, 0.15) is 24.8 Å². The molecule has 2 rings (SSSR count). The Morgan fingerprint density at radius 1 is 1.38 bits per heavy atom. The lowest BCUT2D eigenvalue weighted by Gasteiger charge is -2.18. The van der Waals surface area contributed by atoms with E-state index in [0.29, 0.717) is 18.6 Å². The average Bonchev–Trinajstić information content (AvgIpc) is 3.23. The Kier molecular flexibility index (Phi) is 6.03. The van der Waals surface area contributed by atoms with Crippen LogP contribution in [0.15, 0.2) is 24.3 Å². The second-order valence-electron chi connectivity index (χ2n) is 6.16. The number of aryl methyl sites for hydroxylation is 1. The van der Waals surface area contributed by atoms with Gasteiger partial charge in [-0.3, -0.25) is 0 Å². The van der Waals surface area contributed by atoms with Gasteiger partial charge in [0.15, 0.2) is 0 Å². The van der Waals surface area contributed by atoms with Crippen LogP contribution in [-0.4, -0.2) is 44.6 Å². The van der Waals surface area contributed by atoms with Crippen molar-refractivity contribution in [3.63, 3.8) is 0 Å². The molecule has 0 radical (unpaired) electrons. The Balaban J connectivity index is 1.60. The second-order valence-corrected chi connectivity index (χ2v) is 6.16. The molecule has 1 unspecified atom stereocenters. The summed E-state index contributed by atoms with van der Waals surface area (Å²) in [6.07, 6.45) is 3.15. The van der Waals surface area contributed by atoms with Gasteiger partial charge in [0.05, 0.1) is 0 Å². The molecule has 21 heavy (non-hydrogen) atoms. The van der Waals surface area contributed by atoms with Gasteiger partial charge in [-0.05, 0) is 49.3 Å². The number of hydrogen-bond donors (Lipinski definition) is 2. The number of benzene rings is 1. The number of methoxy groups -OCH3 is 1. The summed E-state index contributed by atoms with van der Waals surface area (Å²) >= 11 is 0. The van der Waals surface area contributed by atoms with E-state index < -0.39 is 6.10 Å².